The van der Waals surface area contributed by atoms with Gasteiger partial charge in [0.25, 0.3) is 0 Å². The maximum atomic E-state index is 15.3. The van der Waals surface area contributed by atoms with Crippen molar-refractivity contribution in [3.8, 4) is 28.7 Å². The van der Waals surface area contributed by atoms with Crippen LogP contribution in [0.5, 0.6) is 28.7 Å². The first-order chi connectivity index (χ1) is 30.6. The highest BCUT2D eigenvalue weighted by atomic mass is 19.1. The van der Waals surface area contributed by atoms with E-state index in [-0.39, 0.29) is 29.2 Å². The maximum absolute atomic E-state index is 15.3. The largest absolute Gasteiger partial charge is 0.494 e. The van der Waals surface area contributed by atoms with Crippen molar-refractivity contribution >= 4 is 40.6 Å². The van der Waals surface area contributed by atoms with Gasteiger partial charge in [-0.1, -0.05) is 31.9 Å². The van der Waals surface area contributed by atoms with Crippen molar-refractivity contribution < 1.29 is 66.3 Å². The molecule has 13 nitrogen and oxygen atoms in total. The third-order valence-corrected chi connectivity index (χ3v) is 9.18. The molecule has 0 radical (unpaired) electrons. The van der Waals surface area contributed by atoms with Gasteiger partial charge in [0.05, 0.1) is 50.8 Å². The summed E-state index contributed by atoms with van der Waals surface area (Å²) in [5, 5.41) is 1.58. The number of esters is 5. The van der Waals surface area contributed by atoms with Crippen molar-refractivity contribution in [3.63, 3.8) is 0 Å². The van der Waals surface area contributed by atoms with Crippen LogP contribution in [0.1, 0.15) is 84.9 Å². The Kier molecular flexibility index (Phi) is 20.9. The highest BCUT2D eigenvalue weighted by Crippen LogP contribution is 2.31. The van der Waals surface area contributed by atoms with Gasteiger partial charge in [0.1, 0.15) is 11.5 Å². The number of rotatable bonds is 29. The number of hydrogen-bond acceptors (Lipinski definition) is 13. The van der Waals surface area contributed by atoms with Gasteiger partial charge in [0.2, 0.25) is 0 Å². The molecule has 0 spiro atoms. The number of ether oxygens (including phenoxy) is 8. The van der Waals surface area contributed by atoms with E-state index < -0.39 is 35.7 Å². The number of halogens is 1. The lowest BCUT2D eigenvalue weighted by molar-refractivity contribution is -0.138. The average Bonchev–Trinajstić information content (AvgIpc) is 3.29. The molecule has 0 saturated heterocycles. The number of carbonyl (C=O) groups is 5. The summed E-state index contributed by atoms with van der Waals surface area (Å²) in [5.41, 5.74) is 0.325. The van der Waals surface area contributed by atoms with Gasteiger partial charge < -0.3 is 37.9 Å². The first kappa shape index (κ1) is 48.7. The second-order valence-corrected chi connectivity index (χ2v) is 14.0. The summed E-state index contributed by atoms with van der Waals surface area (Å²) in [7, 11) is 0. The van der Waals surface area contributed by atoms with Crippen LogP contribution in [0.2, 0.25) is 0 Å². The first-order valence-corrected chi connectivity index (χ1v) is 20.8. The number of unbranched alkanes of at least 4 members (excludes halogenated alkanes) is 7. The SMILES string of the molecule is C=CC(=O)OCCCCCCOc1ccc(C(=O)Oc2ccc(OC(=O)c3ccc4cc(OCCCCOC(=O)C=C)ccc4c3)cc2F)cc1OCCCCCCOC(=O)C=C. The van der Waals surface area contributed by atoms with Crippen LogP contribution in [-0.4, -0.2) is 69.5 Å². The molecular weight excluding hydrogens is 816 g/mol. The molecule has 0 aliphatic carbocycles. The first-order valence-electron chi connectivity index (χ1n) is 20.8. The molecular formula is C49H53FO13. The predicted molar refractivity (Wildman–Crippen MR) is 233 cm³/mol. The van der Waals surface area contributed by atoms with Crippen molar-refractivity contribution in [2.24, 2.45) is 0 Å². The fraction of sp³-hybridized carbons (Fsp3) is 0.327. The number of hydrogen-bond donors (Lipinski definition) is 0. The summed E-state index contributed by atoms with van der Waals surface area (Å²) in [6.45, 7) is 12.1. The Balaban J connectivity index is 1.30. The zero-order valence-electron chi connectivity index (χ0n) is 35.3. The molecule has 0 fully saturated rings. The minimum absolute atomic E-state index is 0.0871. The summed E-state index contributed by atoms with van der Waals surface area (Å²) in [5.74, 6) is -2.96. The van der Waals surface area contributed by atoms with E-state index in [4.69, 9.17) is 37.9 Å². The molecule has 4 rings (SSSR count). The Labute approximate surface area is 366 Å². The molecule has 0 amide bonds. The highest BCUT2D eigenvalue weighted by molar-refractivity contribution is 5.97. The molecule has 0 unspecified atom stereocenters. The third kappa shape index (κ3) is 17.5. The number of fused-ring (bicyclic) bond motifs is 1. The van der Waals surface area contributed by atoms with Crippen LogP contribution in [0, 0.1) is 5.82 Å². The quantitative estimate of drug-likeness (QED) is 0.0167. The minimum atomic E-state index is -0.924. The van der Waals surface area contributed by atoms with Crippen molar-refractivity contribution in [2.75, 3.05) is 39.6 Å². The fourth-order valence-corrected chi connectivity index (χ4v) is 5.83. The summed E-state index contributed by atoms with van der Waals surface area (Å²) >= 11 is 0. The van der Waals surface area contributed by atoms with Gasteiger partial charge in [0, 0.05) is 24.3 Å². The van der Waals surface area contributed by atoms with Crippen LogP contribution in [-0.2, 0) is 28.6 Å². The van der Waals surface area contributed by atoms with Crippen LogP contribution in [0.4, 0.5) is 4.39 Å². The van der Waals surface area contributed by atoms with E-state index in [0.29, 0.717) is 82.4 Å². The summed E-state index contributed by atoms with van der Waals surface area (Å²) < 4.78 is 58.9. The molecule has 4 aromatic carbocycles. The van der Waals surface area contributed by atoms with E-state index >= 15 is 4.39 Å². The molecule has 0 saturated carbocycles. The summed E-state index contributed by atoms with van der Waals surface area (Å²) in [4.78, 5) is 59.8. The van der Waals surface area contributed by atoms with Gasteiger partial charge in [-0.25, -0.2) is 28.4 Å². The van der Waals surface area contributed by atoms with Crippen molar-refractivity contribution in [3.05, 3.63) is 128 Å². The smallest absolute Gasteiger partial charge is 0.343 e. The lowest BCUT2D eigenvalue weighted by Crippen LogP contribution is -2.11. The van der Waals surface area contributed by atoms with Crippen LogP contribution in [0.3, 0.4) is 0 Å². The highest BCUT2D eigenvalue weighted by Gasteiger charge is 2.18. The normalized spacial score (nSPS) is 10.6. The zero-order chi connectivity index (χ0) is 45.2. The van der Waals surface area contributed by atoms with E-state index in [1.165, 1.54) is 24.3 Å². The fourth-order valence-electron chi connectivity index (χ4n) is 5.83. The van der Waals surface area contributed by atoms with Gasteiger partial charge >= 0.3 is 29.8 Å². The number of benzene rings is 4. The Morgan fingerprint density at radius 1 is 0.429 bits per heavy atom. The third-order valence-electron chi connectivity index (χ3n) is 9.18. The van der Waals surface area contributed by atoms with E-state index in [2.05, 4.69) is 19.7 Å². The molecule has 4 aromatic rings. The zero-order valence-corrected chi connectivity index (χ0v) is 35.3. The molecule has 334 valence electrons. The van der Waals surface area contributed by atoms with Crippen LogP contribution < -0.4 is 23.7 Å². The lowest BCUT2D eigenvalue weighted by atomic mass is 10.1. The Morgan fingerprint density at radius 2 is 0.873 bits per heavy atom. The van der Waals surface area contributed by atoms with E-state index in [1.54, 1.807) is 36.4 Å². The second kappa shape index (κ2) is 27.1. The molecule has 14 heteroatoms. The van der Waals surface area contributed by atoms with Gasteiger partial charge in [-0.3, -0.25) is 0 Å². The predicted octanol–water partition coefficient (Wildman–Crippen LogP) is 9.64. The molecule has 0 aliphatic rings. The van der Waals surface area contributed by atoms with Gasteiger partial charge in [-0.05, 0) is 130 Å². The van der Waals surface area contributed by atoms with E-state index in [9.17, 15) is 24.0 Å². The van der Waals surface area contributed by atoms with Crippen molar-refractivity contribution in [1.29, 1.82) is 0 Å². The van der Waals surface area contributed by atoms with Gasteiger partial charge in [0.15, 0.2) is 23.1 Å². The van der Waals surface area contributed by atoms with Gasteiger partial charge in [-0.2, -0.15) is 0 Å². The Hall–Kier alpha value is -6.96. The molecule has 0 N–H and O–H groups in total. The number of carbonyl (C=O) groups excluding carboxylic acids is 5. The molecule has 63 heavy (non-hydrogen) atoms. The molecule has 0 aromatic heterocycles. The topological polar surface area (TPSA) is 159 Å². The summed E-state index contributed by atoms with van der Waals surface area (Å²) in [6, 6.07) is 18.4. The van der Waals surface area contributed by atoms with Crippen molar-refractivity contribution in [2.45, 2.75) is 64.2 Å². The van der Waals surface area contributed by atoms with E-state index in [0.717, 1.165) is 67.2 Å². The second-order valence-electron chi connectivity index (χ2n) is 14.0. The maximum Gasteiger partial charge on any atom is 0.343 e. The van der Waals surface area contributed by atoms with Crippen LogP contribution >= 0.6 is 0 Å². The standard InChI is InChI=1S/C49H53FO13/c1-4-45(51)59-28-13-9-7-11-26-57-43-23-20-38(33-44(43)58-27-12-8-10-14-29-60-46(52)5-2)49(55)63-42-24-22-40(34-41(42)50)62-48(54)37-18-17-36-32-39(21-19-35(36)31-37)56-25-15-16-30-61-47(53)6-3/h4-6,17-24,31-34H,1-3,7-16,25-30H2. The Morgan fingerprint density at radius 3 is 1.48 bits per heavy atom. The summed E-state index contributed by atoms with van der Waals surface area (Å²) in [6.07, 6.45) is 10.8. The molecule has 0 bridgehead atoms. The lowest BCUT2D eigenvalue weighted by Gasteiger charge is -2.14. The molecule has 0 heterocycles. The van der Waals surface area contributed by atoms with Crippen molar-refractivity contribution in [1.82, 2.24) is 0 Å². The van der Waals surface area contributed by atoms with Crippen LogP contribution in [0.25, 0.3) is 10.8 Å². The molecule has 0 aliphatic heterocycles. The molecule has 0 atom stereocenters. The van der Waals surface area contributed by atoms with Gasteiger partial charge in [-0.15, -0.1) is 0 Å². The van der Waals surface area contributed by atoms with E-state index in [1.807, 2.05) is 6.07 Å². The average molecular weight is 869 g/mol. The Bertz CT molecular complexity index is 2200. The minimum Gasteiger partial charge on any atom is -0.494 e. The monoisotopic (exact) mass is 868 g/mol. The van der Waals surface area contributed by atoms with Crippen LogP contribution in [0.15, 0.2) is 111 Å².